The van der Waals surface area contributed by atoms with E-state index in [1.807, 2.05) is 48.5 Å². The fourth-order valence-corrected chi connectivity index (χ4v) is 9.01. The van der Waals surface area contributed by atoms with Gasteiger partial charge in [-0.3, -0.25) is 0 Å². The smallest absolute Gasteiger partial charge is 0.164 e. The Hall–Kier alpha value is -8.48. The third-order valence-corrected chi connectivity index (χ3v) is 12.6. The predicted octanol–water partition coefficient (Wildman–Crippen LogP) is 14.9. The van der Waals surface area contributed by atoms with Crippen LogP contribution in [0.4, 0.5) is 0 Å². The molecule has 0 atom stereocenters. The maximum absolute atomic E-state index is 5.03. The van der Waals surface area contributed by atoms with Crippen LogP contribution in [0.2, 0.25) is 0 Å². The number of aromatic nitrogens is 6. The van der Waals surface area contributed by atoms with Crippen LogP contribution in [0.15, 0.2) is 194 Å². The molecule has 0 bridgehead atoms. The largest absolute Gasteiger partial charge is 0.208 e. The number of hydrogen-bond acceptors (Lipinski definition) is 6. The molecule has 0 aliphatic rings. The van der Waals surface area contributed by atoms with E-state index in [0.29, 0.717) is 34.9 Å². The molecule has 0 saturated carbocycles. The van der Waals surface area contributed by atoms with Gasteiger partial charge in [0, 0.05) is 33.4 Å². The summed E-state index contributed by atoms with van der Waals surface area (Å²) in [5.74, 6) is 3.95. The summed E-state index contributed by atoms with van der Waals surface area (Å²) >= 11 is 0. The zero-order chi connectivity index (χ0) is 44.7. The van der Waals surface area contributed by atoms with Gasteiger partial charge in [0.25, 0.3) is 0 Å². The number of fused-ring (bicyclic) bond motifs is 3. The van der Waals surface area contributed by atoms with Gasteiger partial charge in [-0.1, -0.05) is 194 Å². The molecule has 0 aliphatic carbocycles. The van der Waals surface area contributed by atoms with Gasteiger partial charge in [-0.05, 0) is 93.7 Å². The molecule has 0 unspecified atom stereocenters. The second-order valence-electron chi connectivity index (χ2n) is 16.9. The SMILES string of the molecule is Cc1ccccc1-c1nc(-c2ccc(-c3cccc4c3ccc3c(-c5ccc(-c6nc(-c7ccccc7C)nc(-c7ccccc7C)n6)cc5)cccc34)cc2)nc(-c2ccccc2C)n1. The molecule has 11 aromatic rings. The number of hydrogen-bond donors (Lipinski definition) is 0. The molecule has 2 heterocycles. The van der Waals surface area contributed by atoms with Crippen molar-refractivity contribution < 1.29 is 0 Å². The van der Waals surface area contributed by atoms with E-state index in [1.54, 1.807) is 0 Å². The number of nitrogens with zero attached hydrogens (tertiary/aromatic N) is 6. The molecule has 66 heavy (non-hydrogen) atoms. The van der Waals surface area contributed by atoms with Gasteiger partial charge >= 0.3 is 0 Å². The zero-order valence-electron chi connectivity index (χ0n) is 37.2. The van der Waals surface area contributed by atoms with Crippen molar-refractivity contribution in [1.29, 1.82) is 0 Å². The normalized spacial score (nSPS) is 11.3. The van der Waals surface area contributed by atoms with Gasteiger partial charge in [0.1, 0.15) is 0 Å². The van der Waals surface area contributed by atoms with Crippen LogP contribution >= 0.6 is 0 Å². The maximum Gasteiger partial charge on any atom is 0.164 e. The van der Waals surface area contributed by atoms with Crippen LogP contribution in [0.1, 0.15) is 22.3 Å². The van der Waals surface area contributed by atoms with Crippen LogP contribution in [-0.4, -0.2) is 29.9 Å². The highest BCUT2D eigenvalue weighted by atomic mass is 15.0. The van der Waals surface area contributed by atoms with Gasteiger partial charge in [-0.2, -0.15) is 0 Å². The number of aryl methyl sites for hydroxylation is 4. The summed E-state index contributed by atoms with van der Waals surface area (Å²) in [5, 5.41) is 4.79. The fourth-order valence-electron chi connectivity index (χ4n) is 9.01. The van der Waals surface area contributed by atoms with Crippen LogP contribution in [0.25, 0.3) is 112 Å². The molecule has 0 fully saturated rings. The molecule has 11 rings (SSSR count). The van der Waals surface area contributed by atoms with Crippen LogP contribution in [0, 0.1) is 27.7 Å². The van der Waals surface area contributed by atoms with E-state index < -0.39 is 0 Å². The Kier molecular flexibility index (Phi) is 10.3. The number of rotatable bonds is 8. The van der Waals surface area contributed by atoms with E-state index in [4.69, 9.17) is 29.9 Å². The lowest BCUT2D eigenvalue weighted by atomic mass is 9.91. The topological polar surface area (TPSA) is 77.3 Å². The summed E-state index contributed by atoms with van der Waals surface area (Å²) in [6.07, 6.45) is 0. The second kappa shape index (κ2) is 16.9. The van der Waals surface area contributed by atoms with Crippen molar-refractivity contribution in [3.63, 3.8) is 0 Å². The predicted molar refractivity (Wildman–Crippen MR) is 271 cm³/mol. The van der Waals surface area contributed by atoms with Crippen LogP contribution in [-0.2, 0) is 0 Å². The first-order valence-electron chi connectivity index (χ1n) is 22.3. The lowest BCUT2D eigenvalue weighted by molar-refractivity contribution is 1.07. The molecule has 2 aromatic heterocycles. The molecular weight excluding hydrogens is 805 g/mol. The van der Waals surface area contributed by atoms with Crippen LogP contribution in [0.5, 0.6) is 0 Å². The Labute approximate surface area is 384 Å². The molecule has 314 valence electrons. The first-order chi connectivity index (χ1) is 32.4. The minimum atomic E-state index is 0.643. The second-order valence-corrected chi connectivity index (χ2v) is 16.9. The van der Waals surface area contributed by atoms with Crippen molar-refractivity contribution in [3.05, 3.63) is 216 Å². The molecular formula is C60H44N6. The number of benzene rings is 9. The summed E-state index contributed by atoms with van der Waals surface area (Å²) in [6, 6.07) is 67.9. The fraction of sp³-hybridized carbons (Fsp3) is 0.0667. The van der Waals surface area contributed by atoms with Crippen molar-refractivity contribution in [3.8, 4) is 90.6 Å². The summed E-state index contributed by atoms with van der Waals surface area (Å²) in [6.45, 7) is 8.37. The van der Waals surface area contributed by atoms with Crippen molar-refractivity contribution in [2.45, 2.75) is 27.7 Å². The molecule has 0 saturated heterocycles. The summed E-state index contributed by atoms with van der Waals surface area (Å²) in [5.41, 5.74) is 14.9. The van der Waals surface area contributed by atoms with E-state index in [0.717, 1.165) is 66.8 Å². The van der Waals surface area contributed by atoms with Crippen molar-refractivity contribution in [1.82, 2.24) is 29.9 Å². The van der Waals surface area contributed by atoms with Gasteiger partial charge in [0.05, 0.1) is 0 Å². The molecule has 6 heteroatoms. The average molecular weight is 849 g/mol. The molecule has 6 nitrogen and oxygen atoms in total. The third kappa shape index (κ3) is 7.48. The van der Waals surface area contributed by atoms with Crippen molar-refractivity contribution in [2.24, 2.45) is 0 Å². The first kappa shape index (κ1) is 40.3. The van der Waals surface area contributed by atoms with Gasteiger partial charge in [-0.15, -0.1) is 0 Å². The van der Waals surface area contributed by atoms with E-state index >= 15 is 0 Å². The Balaban J connectivity index is 0.936. The molecule has 9 aromatic carbocycles. The Morgan fingerprint density at radius 2 is 0.455 bits per heavy atom. The van der Waals surface area contributed by atoms with Gasteiger partial charge < -0.3 is 0 Å². The minimum absolute atomic E-state index is 0.643. The highest BCUT2D eigenvalue weighted by molar-refractivity contribution is 6.15. The highest BCUT2D eigenvalue weighted by Crippen LogP contribution is 2.39. The molecule has 0 radical (unpaired) electrons. The monoisotopic (exact) mass is 848 g/mol. The Morgan fingerprint density at radius 3 is 0.758 bits per heavy atom. The third-order valence-electron chi connectivity index (χ3n) is 12.6. The summed E-state index contributed by atoms with van der Waals surface area (Å²) in [4.78, 5) is 30.1. The van der Waals surface area contributed by atoms with Crippen LogP contribution in [0.3, 0.4) is 0 Å². The summed E-state index contributed by atoms with van der Waals surface area (Å²) in [7, 11) is 0. The standard InChI is InChI=1S/C60H44N6/c1-37-15-5-9-19-45(37)57-61-55(62-58(65-57)46-20-10-6-16-38(46)2)43-31-27-41(28-32-43)49-23-13-25-51-52-26-14-24-50(54(52)36-35-53(49)51)42-29-33-44(34-30-42)56-63-59(47-21-11-7-17-39(47)3)66-60(64-56)48-22-12-8-18-40(48)4/h5-36H,1-4H3. The zero-order valence-corrected chi connectivity index (χ0v) is 37.2. The quantitative estimate of drug-likeness (QED) is 0.142. The van der Waals surface area contributed by atoms with Gasteiger partial charge in [-0.25, -0.2) is 29.9 Å². The van der Waals surface area contributed by atoms with Crippen molar-refractivity contribution >= 4 is 21.5 Å². The van der Waals surface area contributed by atoms with E-state index in [2.05, 4.69) is 173 Å². The van der Waals surface area contributed by atoms with Gasteiger partial charge in [0.2, 0.25) is 0 Å². The molecule has 0 amide bonds. The van der Waals surface area contributed by atoms with E-state index in [1.165, 1.54) is 32.7 Å². The maximum atomic E-state index is 5.03. The minimum Gasteiger partial charge on any atom is -0.208 e. The molecule has 0 N–H and O–H groups in total. The molecule has 0 spiro atoms. The Morgan fingerprint density at radius 1 is 0.197 bits per heavy atom. The lowest BCUT2D eigenvalue weighted by Crippen LogP contribution is -2.01. The van der Waals surface area contributed by atoms with Gasteiger partial charge in [0.15, 0.2) is 34.9 Å². The first-order valence-corrected chi connectivity index (χ1v) is 22.3. The van der Waals surface area contributed by atoms with E-state index in [9.17, 15) is 0 Å². The molecule has 0 aliphatic heterocycles. The highest BCUT2D eigenvalue weighted by Gasteiger charge is 2.18. The Bertz CT molecular complexity index is 3260. The average Bonchev–Trinajstić information content (AvgIpc) is 3.36. The lowest BCUT2D eigenvalue weighted by Gasteiger charge is -2.14. The van der Waals surface area contributed by atoms with Crippen LogP contribution < -0.4 is 0 Å². The van der Waals surface area contributed by atoms with E-state index in [-0.39, 0.29) is 0 Å². The van der Waals surface area contributed by atoms with Crippen molar-refractivity contribution in [2.75, 3.05) is 0 Å². The summed E-state index contributed by atoms with van der Waals surface area (Å²) < 4.78 is 0.